The first-order valence-electron chi connectivity index (χ1n) is 29.5. The molecule has 2 aliphatic rings. The smallest absolute Gasteiger partial charge is 0.309 e. The summed E-state index contributed by atoms with van der Waals surface area (Å²) in [5.41, 5.74) is 1.33. The van der Waals surface area contributed by atoms with E-state index in [1.165, 1.54) is 24.6 Å². The lowest BCUT2D eigenvalue weighted by atomic mass is 9.88. The third-order valence-electron chi connectivity index (χ3n) is 15.4. The molecule has 0 saturated carbocycles. The number of rotatable bonds is 15. The van der Waals surface area contributed by atoms with Crippen LogP contribution in [0, 0.1) is 11.8 Å². The number of hydrogen-bond acceptors (Lipinski definition) is 20. The summed E-state index contributed by atoms with van der Waals surface area (Å²) in [7, 11) is -5.80. The largest absolute Gasteiger partial charge is 0.457 e. The van der Waals surface area contributed by atoms with E-state index in [0.717, 1.165) is 23.1 Å². The lowest BCUT2D eigenvalue weighted by molar-refractivity contribution is -0.158. The molecule has 0 fully saturated rings. The number of aryl methyl sites for hydroxylation is 1. The van der Waals surface area contributed by atoms with Gasteiger partial charge in [-0.25, -0.2) is 8.42 Å². The Labute approximate surface area is 519 Å². The first kappa shape index (κ1) is 73.3. The van der Waals surface area contributed by atoms with E-state index in [4.69, 9.17) is 23.4 Å². The average molecular weight is 1260 g/mol. The number of ether oxygens (including phenoxy) is 4. The van der Waals surface area contributed by atoms with E-state index in [-0.39, 0.29) is 59.9 Å². The van der Waals surface area contributed by atoms with Gasteiger partial charge in [-0.1, -0.05) is 88.3 Å². The van der Waals surface area contributed by atoms with Crippen LogP contribution in [0.25, 0.3) is 5.69 Å². The van der Waals surface area contributed by atoms with Gasteiger partial charge in [0.15, 0.2) is 8.32 Å². The molecule has 1 aromatic carbocycles. The van der Waals surface area contributed by atoms with Gasteiger partial charge in [0.2, 0.25) is 9.84 Å². The Morgan fingerprint density at radius 3 is 1.76 bits per heavy atom. The summed E-state index contributed by atoms with van der Waals surface area (Å²) in [4.78, 5) is 67.6. The van der Waals surface area contributed by atoms with Crippen LogP contribution in [0.2, 0.25) is 18.1 Å². The van der Waals surface area contributed by atoms with Gasteiger partial charge in [0.1, 0.15) is 41.9 Å². The quantitative estimate of drug-likeness (QED) is 0.0190. The van der Waals surface area contributed by atoms with E-state index in [1.807, 2.05) is 57.2 Å². The van der Waals surface area contributed by atoms with Crippen molar-refractivity contribution >= 4 is 48.3 Å². The number of esters is 4. The van der Waals surface area contributed by atoms with E-state index in [9.17, 15) is 47.7 Å². The molecule has 21 nitrogen and oxygen atoms in total. The highest BCUT2D eigenvalue weighted by molar-refractivity contribution is 7.91. The summed E-state index contributed by atoms with van der Waals surface area (Å²) < 4.78 is 55.0. The fourth-order valence-corrected chi connectivity index (χ4v) is 11.8. The molecule has 4 aromatic rings. The number of hydrogen-bond donors (Lipinski definition) is 3. The van der Waals surface area contributed by atoms with Gasteiger partial charge in [-0.15, -0.1) is 0 Å². The molecule has 10 atom stereocenters. The summed E-state index contributed by atoms with van der Waals surface area (Å²) in [5.74, 6) is -2.58. The highest BCUT2D eigenvalue weighted by Gasteiger charge is 2.42. The number of pyridine rings is 2. The number of aromatic nitrogens is 6. The molecule has 0 amide bonds. The second-order valence-electron chi connectivity index (χ2n) is 24.3. The zero-order valence-corrected chi connectivity index (χ0v) is 54.8. The SMILES string of the molecule is CC(=O)O[C@H]1/C=C/[C@H](C)[C@@H](/C(C)=C/C=C/Cc2ccncc2)OC(=O)C[C@H](O)CC[C@@]1(C)O.CC(=O)O[C@H]1/C=C/[C@H](C)[C@@H](/C(C)=C/C=O)OC(=O)C[C@H](O[Si](C)(C)C(C)(C)C)CC[C@@]1(C)O.O=S(=O)(CCc1ccncc1)c1nnnn1-c1ccccc1. The Morgan fingerprint density at radius 2 is 1.25 bits per heavy atom. The molecule has 3 aromatic heterocycles. The number of aliphatic hydroxyl groups excluding tert-OH is 1. The predicted octanol–water partition coefficient (Wildman–Crippen LogP) is 9.02. The van der Waals surface area contributed by atoms with Gasteiger partial charge >= 0.3 is 23.9 Å². The molecule has 0 bridgehead atoms. The van der Waals surface area contributed by atoms with Gasteiger partial charge in [0.05, 0.1) is 36.5 Å². The van der Waals surface area contributed by atoms with Crippen LogP contribution in [0.3, 0.4) is 0 Å². The van der Waals surface area contributed by atoms with E-state index in [1.54, 1.807) is 106 Å². The van der Waals surface area contributed by atoms with Gasteiger partial charge in [0.25, 0.3) is 5.16 Å². The van der Waals surface area contributed by atoms with Crippen molar-refractivity contribution in [3.8, 4) is 5.69 Å². The Balaban J connectivity index is 0.000000288. The highest BCUT2D eigenvalue weighted by atomic mass is 32.2. The molecule has 5 heterocycles. The summed E-state index contributed by atoms with van der Waals surface area (Å²) in [5, 5.41) is 43.1. The summed E-state index contributed by atoms with van der Waals surface area (Å²) in [6.07, 6.45) is 18.9. The fourth-order valence-electron chi connectivity index (χ4n) is 9.18. The average Bonchev–Trinajstić information content (AvgIpc) is 3.16. The van der Waals surface area contributed by atoms with E-state index in [2.05, 4.69) is 59.4 Å². The number of sulfone groups is 1. The first-order valence-corrected chi connectivity index (χ1v) is 34.0. The second-order valence-corrected chi connectivity index (χ2v) is 31.1. The third-order valence-corrected chi connectivity index (χ3v) is 21.5. The monoisotopic (exact) mass is 1250 g/mol. The minimum Gasteiger partial charge on any atom is -0.457 e. The van der Waals surface area contributed by atoms with Crippen LogP contribution < -0.4 is 0 Å². The maximum Gasteiger partial charge on any atom is 0.309 e. The number of nitrogens with zero attached hydrogens (tertiary/aromatic N) is 6. The molecule has 6 rings (SSSR count). The van der Waals surface area contributed by atoms with E-state index < -0.39 is 89.9 Å². The number of para-hydroxylation sites is 1. The van der Waals surface area contributed by atoms with Crippen molar-refractivity contribution in [2.24, 2.45) is 11.8 Å². The maximum absolute atomic E-state index is 12.9. The van der Waals surface area contributed by atoms with Crippen molar-refractivity contribution in [2.45, 2.75) is 199 Å². The summed E-state index contributed by atoms with van der Waals surface area (Å²) >= 11 is 0. The van der Waals surface area contributed by atoms with Crippen molar-refractivity contribution in [2.75, 3.05) is 5.75 Å². The fraction of sp³-hybridized carbons (Fsp3) is 0.508. The van der Waals surface area contributed by atoms with Gasteiger partial charge in [-0.05, 0) is 172 Å². The Hall–Kier alpha value is -7.15. The second kappa shape index (κ2) is 34.0. The molecular formula is C65H90N6O15SSi. The van der Waals surface area contributed by atoms with Crippen molar-refractivity contribution < 1.29 is 71.1 Å². The minimum atomic E-state index is -3.59. The van der Waals surface area contributed by atoms with E-state index >= 15 is 0 Å². The van der Waals surface area contributed by atoms with Crippen LogP contribution >= 0.6 is 0 Å². The zero-order chi connectivity index (χ0) is 65.5. The molecule has 0 saturated heterocycles. The molecular weight excluding hydrogens is 1160 g/mol. The van der Waals surface area contributed by atoms with Crippen LogP contribution in [0.1, 0.15) is 126 Å². The molecule has 480 valence electrons. The summed E-state index contributed by atoms with van der Waals surface area (Å²) in [6, 6.07) is 16.4. The number of tetrazole rings is 1. The maximum atomic E-state index is 12.9. The number of carbonyl (C=O) groups is 5. The number of cyclic esters (lactones) is 2. The van der Waals surface area contributed by atoms with Crippen molar-refractivity contribution in [3.05, 3.63) is 150 Å². The van der Waals surface area contributed by atoms with E-state index in [0.29, 0.717) is 30.4 Å². The minimum absolute atomic E-state index is 0.0299. The van der Waals surface area contributed by atoms with Gasteiger partial charge in [-0.3, -0.25) is 33.9 Å². The van der Waals surface area contributed by atoms with Crippen LogP contribution in [-0.4, -0.2) is 146 Å². The predicted molar refractivity (Wildman–Crippen MR) is 334 cm³/mol. The van der Waals surface area contributed by atoms with Crippen molar-refractivity contribution in [3.63, 3.8) is 0 Å². The van der Waals surface area contributed by atoms with Gasteiger partial charge < -0.3 is 38.7 Å². The van der Waals surface area contributed by atoms with Crippen LogP contribution in [0.15, 0.2) is 144 Å². The normalized spacial score (nSPS) is 26.2. The molecule has 0 spiro atoms. The molecule has 23 heteroatoms. The number of aldehydes is 1. The Kier molecular flexibility index (Phi) is 28.3. The molecule has 3 N–H and O–H groups in total. The lowest BCUT2D eigenvalue weighted by Crippen LogP contribution is -2.46. The number of benzene rings is 1. The molecule has 88 heavy (non-hydrogen) atoms. The zero-order valence-electron chi connectivity index (χ0n) is 53.0. The molecule has 0 unspecified atom stereocenters. The Morgan fingerprint density at radius 1 is 0.750 bits per heavy atom. The highest BCUT2D eigenvalue weighted by Crippen LogP contribution is 2.39. The van der Waals surface area contributed by atoms with Crippen LogP contribution in [-0.2, 0) is 70.0 Å². The Bertz CT molecular complexity index is 3160. The van der Waals surface area contributed by atoms with Gasteiger partial charge in [-0.2, -0.15) is 4.68 Å². The van der Waals surface area contributed by atoms with Crippen molar-refractivity contribution in [1.82, 2.24) is 30.2 Å². The van der Waals surface area contributed by atoms with Crippen molar-refractivity contribution in [1.29, 1.82) is 0 Å². The topological polar surface area (TPSA) is 296 Å². The number of allylic oxidation sites excluding steroid dienone is 4. The lowest BCUT2D eigenvalue weighted by Gasteiger charge is -2.40. The molecule has 0 aliphatic carbocycles. The molecule has 0 radical (unpaired) electrons. The third kappa shape index (κ3) is 24.1. The van der Waals surface area contributed by atoms with Crippen LogP contribution in [0.5, 0.6) is 0 Å². The van der Waals surface area contributed by atoms with Crippen LogP contribution in [0.4, 0.5) is 0 Å². The first-order chi connectivity index (χ1) is 41.2. The van der Waals surface area contributed by atoms with Gasteiger partial charge in [0, 0.05) is 50.5 Å². The number of carbonyl (C=O) groups excluding carboxylic acids is 5. The summed E-state index contributed by atoms with van der Waals surface area (Å²) in [6.45, 7) is 23.7. The molecule has 2 aliphatic heterocycles. The standard InChI is InChI=1S/C26H35NO6.C25H42O7Si.C14H13N5O2S/c1-18(7-5-6-8-21-12-15-27-16-13-21)25-19(2)9-10-23(32-20(3)28)26(4,31)14-11-22(29)17-24(30)33-25;1-17-10-11-21(30-19(3)27)25(7,29)14-12-20(32-33(8,9)24(4,5)6)16-22(28)31-23(17)18(2)13-15-26;20-22(21,11-8-12-6-9-15-10-7-12)14-16-17-18-19(14)13-4-2-1-3-5-13/h5-7,9-10,12-13,15-16,19,22-23,25,29,31H,8,11,14,17H2,1-4H3;10-11,13,15,17,20-21,23,29H,12,14,16H2,1-9H3;1-7,9-10H,8,11H2/b6-5+,10-9+,18-7+;11-10+,18-13+;/t19-,22+,23-,25+,26+;17-,20+,21-,23-,25+;/m00./s1. The number of aliphatic hydroxyl groups is 3.